The molecule has 8 heteroatoms. The van der Waals surface area contributed by atoms with E-state index in [0.717, 1.165) is 25.9 Å². The number of rotatable bonds is 4. The van der Waals surface area contributed by atoms with Crippen LogP contribution in [0.5, 0.6) is 0 Å². The number of pyridine rings is 1. The summed E-state index contributed by atoms with van der Waals surface area (Å²) in [5.41, 5.74) is 0.905. The summed E-state index contributed by atoms with van der Waals surface area (Å²) in [5, 5.41) is 0. The molecule has 0 aromatic carbocycles. The fourth-order valence-electron chi connectivity index (χ4n) is 3.83. The summed E-state index contributed by atoms with van der Waals surface area (Å²) in [4.78, 5) is 35.5. The smallest absolute Gasteiger partial charge is 0.267 e. The molecule has 1 amide bonds. The van der Waals surface area contributed by atoms with Gasteiger partial charge in [-0.1, -0.05) is 50.8 Å². The quantitative estimate of drug-likeness (QED) is 0.530. The van der Waals surface area contributed by atoms with Gasteiger partial charge in [-0.25, -0.2) is 4.98 Å². The molecule has 0 aliphatic carbocycles. The lowest BCUT2D eigenvalue weighted by atomic mass is 9.99. The second kappa shape index (κ2) is 8.51. The number of carbonyl (C=O) groups is 1. The van der Waals surface area contributed by atoms with Gasteiger partial charge in [-0.3, -0.25) is 18.9 Å². The van der Waals surface area contributed by atoms with Crippen molar-refractivity contribution in [1.82, 2.24) is 14.3 Å². The Labute approximate surface area is 186 Å². The van der Waals surface area contributed by atoms with E-state index >= 15 is 0 Å². The molecule has 0 atom stereocenters. The van der Waals surface area contributed by atoms with Gasteiger partial charge in [0.25, 0.3) is 11.5 Å². The van der Waals surface area contributed by atoms with E-state index in [0.29, 0.717) is 44.6 Å². The molecule has 0 spiro atoms. The van der Waals surface area contributed by atoms with Crippen LogP contribution in [0.4, 0.5) is 5.82 Å². The van der Waals surface area contributed by atoms with Crippen molar-refractivity contribution in [3.05, 3.63) is 45.2 Å². The highest BCUT2D eigenvalue weighted by molar-refractivity contribution is 8.26. The highest BCUT2D eigenvalue weighted by Gasteiger charge is 2.33. The Morgan fingerprint density at radius 3 is 2.70 bits per heavy atom. The lowest BCUT2D eigenvalue weighted by molar-refractivity contribution is -0.122. The Morgan fingerprint density at radius 1 is 1.27 bits per heavy atom. The summed E-state index contributed by atoms with van der Waals surface area (Å²) < 4.78 is 2.08. The van der Waals surface area contributed by atoms with Crippen molar-refractivity contribution in [1.29, 1.82) is 0 Å². The van der Waals surface area contributed by atoms with E-state index < -0.39 is 0 Å². The normalized spacial score (nSPS) is 19.7. The molecule has 2 aliphatic heterocycles. The Hall–Kier alpha value is -2.19. The molecule has 0 N–H and O–H groups in total. The third-order valence-corrected chi connectivity index (χ3v) is 6.91. The number of aromatic nitrogens is 2. The second-order valence-electron chi connectivity index (χ2n) is 8.44. The molecule has 2 aromatic rings. The molecule has 0 saturated carbocycles. The highest BCUT2D eigenvalue weighted by Crippen LogP contribution is 2.34. The van der Waals surface area contributed by atoms with E-state index in [1.807, 2.05) is 18.2 Å². The van der Waals surface area contributed by atoms with Gasteiger partial charge >= 0.3 is 0 Å². The molecule has 30 heavy (non-hydrogen) atoms. The van der Waals surface area contributed by atoms with Crippen molar-refractivity contribution in [2.45, 2.75) is 33.6 Å². The average molecular weight is 443 g/mol. The van der Waals surface area contributed by atoms with Crippen LogP contribution in [-0.4, -0.2) is 44.1 Å². The van der Waals surface area contributed by atoms with Gasteiger partial charge in [0.1, 0.15) is 15.8 Å². The lowest BCUT2D eigenvalue weighted by Gasteiger charge is -2.32. The summed E-state index contributed by atoms with van der Waals surface area (Å²) in [6, 6.07) is 5.52. The van der Waals surface area contributed by atoms with Crippen molar-refractivity contribution in [2.75, 3.05) is 24.5 Å². The van der Waals surface area contributed by atoms with Crippen molar-refractivity contribution >= 4 is 51.7 Å². The summed E-state index contributed by atoms with van der Waals surface area (Å²) >= 11 is 6.69. The van der Waals surface area contributed by atoms with Crippen LogP contribution in [0.25, 0.3) is 11.7 Å². The largest absolute Gasteiger partial charge is 0.356 e. The van der Waals surface area contributed by atoms with Gasteiger partial charge in [-0.2, -0.15) is 0 Å². The van der Waals surface area contributed by atoms with Crippen molar-refractivity contribution in [3.63, 3.8) is 0 Å². The monoisotopic (exact) mass is 442 g/mol. The van der Waals surface area contributed by atoms with Crippen LogP contribution >= 0.6 is 24.0 Å². The summed E-state index contributed by atoms with van der Waals surface area (Å²) in [6.07, 6.45) is 5.54. The fourth-order valence-corrected chi connectivity index (χ4v) is 5.09. The number of thioether (sulfide) groups is 1. The Balaban J connectivity index is 1.81. The second-order valence-corrected chi connectivity index (χ2v) is 10.1. The van der Waals surface area contributed by atoms with E-state index in [-0.39, 0.29) is 11.5 Å². The van der Waals surface area contributed by atoms with Crippen LogP contribution in [0.2, 0.25) is 0 Å². The van der Waals surface area contributed by atoms with E-state index in [1.54, 1.807) is 17.2 Å². The Bertz CT molecular complexity index is 1080. The maximum Gasteiger partial charge on any atom is 0.267 e. The van der Waals surface area contributed by atoms with Gasteiger partial charge in [-0.15, -0.1) is 0 Å². The molecule has 0 bridgehead atoms. The first-order chi connectivity index (χ1) is 14.3. The molecule has 6 nitrogen and oxygen atoms in total. The van der Waals surface area contributed by atoms with Crippen LogP contribution in [0.1, 0.15) is 39.2 Å². The van der Waals surface area contributed by atoms with Gasteiger partial charge in [0, 0.05) is 25.8 Å². The number of carbonyl (C=O) groups excluding carboxylic acids is 1. The van der Waals surface area contributed by atoms with Crippen molar-refractivity contribution in [2.24, 2.45) is 11.8 Å². The van der Waals surface area contributed by atoms with Gasteiger partial charge in [0.15, 0.2) is 0 Å². The van der Waals surface area contributed by atoms with Crippen LogP contribution < -0.4 is 10.5 Å². The zero-order chi connectivity index (χ0) is 21.4. The third kappa shape index (κ3) is 4.03. The number of amides is 1. The van der Waals surface area contributed by atoms with Crippen LogP contribution in [0.15, 0.2) is 34.1 Å². The van der Waals surface area contributed by atoms with E-state index in [1.165, 1.54) is 16.2 Å². The molecule has 2 fully saturated rings. The molecule has 4 heterocycles. The topological polar surface area (TPSA) is 57.9 Å². The predicted octanol–water partition coefficient (Wildman–Crippen LogP) is 3.79. The van der Waals surface area contributed by atoms with Crippen LogP contribution in [0.3, 0.4) is 0 Å². The maximum atomic E-state index is 13.4. The number of piperidine rings is 1. The number of anilines is 1. The molecule has 2 saturated heterocycles. The molecule has 158 valence electrons. The van der Waals surface area contributed by atoms with E-state index in [4.69, 9.17) is 17.2 Å². The lowest BCUT2D eigenvalue weighted by Crippen LogP contribution is -2.36. The number of fused-ring (bicyclic) bond motifs is 1. The standard InChI is InChI=1S/C22H26N4O2S2/c1-14(2)13-26-21(28)17(30-22(26)29)12-16-19(24-10-7-15(3)8-11-24)23-18-6-4-5-9-25(18)20(16)27/h4-6,9,12,14-15H,7-8,10-11,13H2,1-3H3/b17-12-. The highest BCUT2D eigenvalue weighted by atomic mass is 32.2. The number of hydrogen-bond donors (Lipinski definition) is 0. The van der Waals surface area contributed by atoms with E-state index in [9.17, 15) is 9.59 Å². The van der Waals surface area contributed by atoms with Crippen molar-refractivity contribution in [3.8, 4) is 0 Å². The van der Waals surface area contributed by atoms with Gasteiger partial charge in [0.05, 0.1) is 10.5 Å². The first-order valence-electron chi connectivity index (χ1n) is 10.4. The molecule has 4 rings (SSSR count). The zero-order valence-electron chi connectivity index (χ0n) is 17.5. The van der Waals surface area contributed by atoms with E-state index in [2.05, 4.69) is 25.7 Å². The summed E-state index contributed by atoms with van der Waals surface area (Å²) in [5.74, 6) is 1.51. The van der Waals surface area contributed by atoms with Gasteiger partial charge in [-0.05, 0) is 42.9 Å². The summed E-state index contributed by atoms with van der Waals surface area (Å²) in [6.45, 7) is 8.64. The van der Waals surface area contributed by atoms with Crippen LogP contribution in [-0.2, 0) is 4.79 Å². The molecular formula is C22H26N4O2S2. The molecule has 2 aliphatic rings. The van der Waals surface area contributed by atoms with Gasteiger partial charge in [0.2, 0.25) is 0 Å². The Kier molecular flexibility index (Phi) is 5.97. The van der Waals surface area contributed by atoms with Gasteiger partial charge < -0.3 is 4.90 Å². The SMILES string of the molecule is CC(C)CN1C(=O)/C(=C/c2c(N3CCC(C)CC3)nc3ccccn3c2=O)SC1=S. The predicted molar refractivity (Wildman–Crippen MR) is 127 cm³/mol. The first-order valence-corrected chi connectivity index (χ1v) is 11.6. The van der Waals surface area contributed by atoms with Crippen LogP contribution in [0, 0.1) is 11.8 Å². The third-order valence-electron chi connectivity index (χ3n) is 5.53. The molecular weight excluding hydrogens is 416 g/mol. The minimum absolute atomic E-state index is 0.130. The van der Waals surface area contributed by atoms with Crippen molar-refractivity contribution < 1.29 is 4.79 Å². The average Bonchev–Trinajstić information content (AvgIpc) is 2.97. The minimum atomic E-state index is -0.164. The number of nitrogens with zero attached hydrogens (tertiary/aromatic N) is 4. The zero-order valence-corrected chi connectivity index (χ0v) is 19.1. The fraction of sp³-hybridized carbons (Fsp3) is 0.455. The summed E-state index contributed by atoms with van der Waals surface area (Å²) in [7, 11) is 0. The number of thiocarbonyl (C=S) groups is 1. The molecule has 2 aromatic heterocycles. The maximum absolute atomic E-state index is 13.4. The molecule has 0 unspecified atom stereocenters. The molecule has 0 radical (unpaired) electrons. The number of hydrogen-bond acceptors (Lipinski definition) is 6. The Morgan fingerprint density at radius 2 is 2.00 bits per heavy atom. The minimum Gasteiger partial charge on any atom is -0.356 e. The first kappa shape index (κ1) is 21.1.